The van der Waals surface area contributed by atoms with Gasteiger partial charge in [-0.3, -0.25) is 4.79 Å². The summed E-state index contributed by atoms with van der Waals surface area (Å²) in [5.74, 6) is 1.09. The SMILES string of the molecule is Cc1sccc1CC(=O)N(Cc1cccc(O)c1)CC1CC1. The molecule has 1 aromatic heterocycles. The molecule has 1 N–H and O–H groups in total. The number of nitrogens with zero attached hydrogens (tertiary/aromatic N) is 1. The minimum atomic E-state index is 0.178. The van der Waals surface area contributed by atoms with Gasteiger partial charge >= 0.3 is 0 Å². The molecule has 1 aromatic carbocycles. The summed E-state index contributed by atoms with van der Waals surface area (Å²) in [5, 5.41) is 11.6. The van der Waals surface area contributed by atoms with Crippen molar-refractivity contribution < 1.29 is 9.90 Å². The lowest BCUT2D eigenvalue weighted by Gasteiger charge is -2.23. The van der Waals surface area contributed by atoms with Crippen molar-refractivity contribution in [3.8, 4) is 5.75 Å². The smallest absolute Gasteiger partial charge is 0.227 e. The lowest BCUT2D eigenvalue weighted by atomic mass is 10.1. The molecule has 1 fully saturated rings. The van der Waals surface area contributed by atoms with Crippen LogP contribution in [-0.4, -0.2) is 22.5 Å². The third-order valence-electron chi connectivity index (χ3n) is 4.12. The zero-order chi connectivity index (χ0) is 15.5. The van der Waals surface area contributed by atoms with E-state index in [1.165, 1.54) is 17.7 Å². The molecule has 0 radical (unpaired) electrons. The molecule has 1 heterocycles. The number of aryl methyl sites for hydroxylation is 1. The fourth-order valence-corrected chi connectivity index (χ4v) is 3.34. The van der Waals surface area contributed by atoms with Gasteiger partial charge in [-0.2, -0.15) is 0 Å². The third-order valence-corrected chi connectivity index (χ3v) is 5.01. The first-order chi connectivity index (χ1) is 10.6. The number of phenolic OH excluding ortho intramolecular Hbond substituents is 1. The van der Waals surface area contributed by atoms with Crippen LogP contribution in [0.4, 0.5) is 0 Å². The number of amides is 1. The summed E-state index contributed by atoms with van der Waals surface area (Å²) in [6.45, 7) is 3.47. The van der Waals surface area contributed by atoms with Gasteiger partial charge < -0.3 is 10.0 Å². The zero-order valence-electron chi connectivity index (χ0n) is 12.8. The molecule has 1 saturated carbocycles. The first kappa shape index (κ1) is 15.1. The molecule has 22 heavy (non-hydrogen) atoms. The summed E-state index contributed by atoms with van der Waals surface area (Å²) >= 11 is 1.69. The van der Waals surface area contributed by atoms with Gasteiger partial charge in [0, 0.05) is 18.0 Å². The monoisotopic (exact) mass is 315 g/mol. The van der Waals surface area contributed by atoms with Gasteiger partial charge in [-0.25, -0.2) is 0 Å². The Kier molecular flexibility index (Phi) is 4.48. The van der Waals surface area contributed by atoms with Gasteiger partial charge in [0.1, 0.15) is 5.75 Å². The molecule has 0 saturated heterocycles. The van der Waals surface area contributed by atoms with Crippen molar-refractivity contribution in [1.82, 2.24) is 4.90 Å². The van der Waals surface area contributed by atoms with Crippen LogP contribution < -0.4 is 0 Å². The highest BCUT2D eigenvalue weighted by atomic mass is 32.1. The Morgan fingerprint density at radius 2 is 2.18 bits per heavy atom. The van der Waals surface area contributed by atoms with Crippen LogP contribution in [0.15, 0.2) is 35.7 Å². The summed E-state index contributed by atoms with van der Waals surface area (Å²) in [6, 6.07) is 9.23. The first-order valence-corrected chi connectivity index (χ1v) is 8.58. The van der Waals surface area contributed by atoms with Crippen LogP contribution in [0.5, 0.6) is 5.75 Å². The van der Waals surface area contributed by atoms with Crippen molar-refractivity contribution in [1.29, 1.82) is 0 Å². The second-order valence-corrected chi connectivity index (χ2v) is 7.19. The number of aromatic hydroxyl groups is 1. The van der Waals surface area contributed by atoms with Crippen molar-refractivity contribution in [2.75, 3.05) is 6.54 Å². The largest absolute Gasteiger partial charge is 0.508 e. The lowest BCUT2D eigenvalue weighted by Crippen LogP contribution is -2.33. The second kappa shape index (κ2) is 6.53. The van der Waals surface area contributed by atoms with Gasteiger partial charge in [0.25, 0.3) is 0 Å². The predicted molar refractivity (Wildman–Crippen MR) is 89.0 cm³/mol. The maximum atomic E-state index is 12.7. The van der Waals surface area contributed by atoms with Gasteiger partial charge in [-0.1, -0.05) is 12.1 Å². The van der Waals surface area contributed by atoms with E-state index < -0.39 is 0 Å². The number of rotatable bonds is 6. The molecule has 1 aliphatic rings. The van der Waals surface area contributed by atoms with Gasteiger partial charge in [0.2, 0.25) is 5.91 Å². The maximum absolute atomic E-state index is 12.7. The molecule has 4 heteroatoms. The molecule has 2 aromatic rings. The normalized spacial score (nSPS) is 14.0. The number of hydrogen-bond donors (Lipinski definition) is 1. The van der Waals surface area contributed by atoms with E-state index in [-0.39, 0.29) is 11.7 Å². The van der Waals surface area contributed by atoms with Crippen LogP contribution in [-0.2, 0) is 17.8 Å². The quantitative estimate of drug-likeness (QED) is 0.882. The summed E-state index contributed by atoms with van der Waals surface area (Å²) in [4.78, 5) is 15.9. The molecule has 0 spiro atoms. The Bertz CT molecular complexity index is 661. The topological polar surface area (TPSA) is 40.5 Å². The van der Waals surface area contributed by atoms with Gasteiger partial charge in [0.05, 0.1) is 6.42 Å². The fourth-order valence-electron chi connectivity index (χ4n) is 2.61. The number of benzene rings is 1. The van der Waals surface area contributed by atoms with Crippen LogP contribution in [0, 0.1) is 12.8 Å². The predicted octanol–water partition coefficient (Wildman–Crippen LogP) is 3.74. The third kappa shape index (κ3) is 3.89. The van der Waals surface area contributed by atoms with Crippen LogP contribution >= 0.6 is 11.3 Å². The van der Waals surface area contributed by atoms with Crippen LogP contribution in [0.25, 0.3) is 0 Å². The zero-order valence-corrected chi connectivity index (χ0v) is 13.6. The molecule has 3 nitrogen and oxygen atoms in total. The minimum absolute atomic E-state index is 0.178. The Balaban J connectivity index is 1.71. The molecule has 3 rings (SSSR count). The van der Waals surface area contributed by atoms with Gasteiger partial charge in [-0.15, -0.1) is 11.3 Å². The standard InChI is InChI=1S/C18H21NO2S/c1-13-16(7-8-22-13)10-18(21)19(11-14-5-6-14)12-15-3-2-4-17(20)9-15/h2-4,7-9,14,20H,5-6,10-12H2,1H3. The summed E-state index contributed by atoms with van der Waals surface area (Å²) in [5.41, 5.74) is 2.11. The number of carbonyl (C=O) groups excluding carboxylic acids is 1. The van der Waals surface area contributed by atoms with E-state index in [0.717, 1.165) is 17.7 Å². The molecule has 0 bridgehead atoms. The van der Waals surface area contributed by atoms with E-state index in [9.17, 15) is 9.90 Å². The minimum Gasteiger partial charge on any atom is -0.508 e. The van der Waals surface area contributed by atoms with E-state index in [1.54, 1.807) is 23.5 Å². The molecule has 0 unspecified atom stereocenters. The maximum Gasteiger partial charge on any atom is 0.227 e. The van der Waals surface area contributed by atoms with Crippen LogP contribution in [0.2, 0.25) is 0 Å². The Hall–Kier alpha value is -1.81. The van der Waals surface area contributed by atoms with E-state index in [0.29, 0.717) is 18.9 Å². The molecule has 0 aliphatic heterocycles. The van der Waals surface area contributed by atoms with Crippen molar-refractivity contribution in [3.63, 3.8) is 0 Å². The summed E-state index contributed by atoms with van der Waals surface area (Å²) in [7, 11) is 0. The highest BCUT2D eigenvalue weighted by Crippen LogP contribution is 2.30. The Morgan fingerprint density at radius 1 is 1.36 bits per heavy atom. The van der Waals surface area contributed by atoms with E-state index in [1.807, 2.05) is 28.5 Å². The van der Waals surface area contributed by atoms with Crippen molar-refractivity contribution in [2.45, 2.75) is 32.7 Å². The lowest BCUT2D eigenvalue weighted by molar-refractivity contribution is -0.131. The van der Waals surface area contributed by atoms with E-state index in [2.05, 4.69) is 6.92 Å². The highest BCUT2D eigenvalue weighted by molar-refractivity contribution is 7.10. The first-order valence-electron chi connectivity index (χ1n) is 7.70. The fraction of sp³-hybridized carbons (Fsp3) is 0.389. The second-order valence-electron chi connectivity index (χ2n) is 6.07. The Morgan fingerprint density at radius 3 is 2.82 bits per heavy atom. The van der Waals surface area contributed by atoms with Gasteiger partial charge in [0.15, 0.2) is 0 Å². The molecule has 1 aliphatic carbocycles. The Labute approximate surface area is 135 Å². The highest BCUT2D eigenvalue weighted by Gasteiger charge is 2.27. The average molecular weight is 315 g/mol. The number of thiophene rings is 1. The van der Waals surface area contributed by atoms with E-state index >= 15 is 0 Å². The van der Waals surface area contributed by atoms with Gasteiger partial charge in [-0.05, 0) is 60.4 Å². The summed E-state index contributed by atoms with van der Waals surface area (Å²) < 4.78 is 0. The molecular formula is C18H21NO2S. The summed E-state index contributed by atoms with van der Waals surface area (Å²) in [6.07, 6.45) is 2.92. The average Bonchev–Trinajstić information content (AvgIpc) is 3.21. The molecular weight excluding hydrogens is 294 g/mol. The van der Waals surface area contributed by atoms with E-state index in [4.69, 9.17) is 0 Å². The number of phenols is 1. The number of carbonyl (C=O) groups is 1. The van der Waals surface area contributed by atoms with Crippen LogP contribution in [0.1, 0.15) is 28.8 Å². The van der Waals surface area contributed by atoms with Crippen LogP contribution in [0.3, 0.4) is 0 Å². The van der Waals surface area contributed by atoms with Crippen molar-refractivity contribution in [2.24, 2.45) is 5.92 Å². The van der Waals surface area contributed by atoms with Crippen molar-refractivity contribution in [3.05, 3.63) is 51.7 Å². The van der Waals surface area contributed by atoms with Crippen molar-refractivity contribution >= 4 is 17.2 Å². The molecule has 1 amide bonds. The molecule has 0 atom stereocenters. The molecule has 116 valence electrons. The number of hydrogen-bond acceptors (Lipinski definition) is 3.